The van der Waals surface area contributed by atoms with Crippen molar-refractivity contribution < 1.29 is 0 Å². The average molecular weight is 355 g/mol. The van der Waals surface area contributed by atoms with E-state index in [-0.39, 0.29) is 6.04 Å². The van der Waals surface area contributed by atoms with Gasteiger partial charge in [-0.05, 0) is 44.3 Å². The Morgan fingerprint density at radius 2 is 1.88 bits per heavy atom. The predicted octanol–water partition coefficient (Wildman–Crippen LogP) is 3.94. The average Bonchev–Trinajstić information content (AvgIpc) is 2.94. The van der Waals surface area contributed by atoms with E-state index in [1.165, 1.54) is 0 Å². The number of nitrogens with two attached hydrogens (primary N) is 1. The van der Waals surface area contributed by atoms with Gasteiger partial charge in [0.05, 0.1) is 23.6 Å². The molecule has 0 saturated heterocycles. The van der Waals surface area contributed by atoms with Crippen LogP contribution in [0.5, 0.6) is 0 Å². The van der Waals surface area contributed by atoms with Gasteiger partial charge in [-0.25, -0.2) is 4.98 Å². The van der Waals surface area contributed by atoms with Crippen LogP contribution in [0, 0.1) is 6.92 Å². The quantitative estimate of drug-likeness (QED) is 0.754. The largest absolute Gasteiger partial charge is 0.320 e. The van der Waals surface area contributed by atoms with Crippen molar-refractivity contribution in [3.05, 3.63) is 82.4 Å². The van der Waals surface area contributed by atoms with Gasteiger partial charge in [-0.2, -0.15) is 0 Å². The molecular formula is C20H23ClN4. The SMILES string of the molecule is Cc1ncc(CN(C)C)n1-c1cc(Cl)ccc1C(N)c1ccccc1. The third kappa shape index (κ3) is 3.76. The Morgan fingerprint density at radius 1 is 1.16 bits per heavy atom. The van der Waals surface area contributed by atoms with Crippen LogP contribution in [0.3, 0.4) is 0 Å². The van der Waals surface area contributed by atoms with Gasteiger partial charge >= 0.3 is 0 Å². The highest BCUT2D eigenvalue weighted by Crippen LogP contribution is 2.30. The molecule has 0 saturated carbocycles. The van der Waals surface area contributed by atoms with E-state index in [2.05, 4.69) is 14.5 Å². The molecule has 0 fully saturated rings. The first kappa shape index (κ1) is 17.7. The maximum absolute atomic E-state index is 6.59. The minimum absolute atomic E-state index is 0.234. The highest BCUT2D eigenvalue weighted by Gasteiger charge is 2.18. The van der Waals surface area contributed by atoms with E-state index >= 15 is 0 Å². The zero-order valence-electron chi connectivity index (χ0n) is 14.8. The van der Waals surface area contributed by atoms with E-state index in [1.807, 2.05) is 75.7 Å². The van der Waals surface area contributed by atoms with Crippen LogP contribution in [0.4, 0.5) is 0 Å². The number of rotatable bonds is 5. The molecule has 25 heavy (non-hydrogen) atoms. The number of imidazole rings is 1. The van der Waals surface area contributed by atoms with E-state index in [9.17, 15) is 0 Å². The summed E-state index contributed by atoms with van der Waals surface area (Å²) in [5, 5.41) is 0.683. The fourth-order valence-corrected chi connectivity index (χ4v) is 3.24. The lowest BCUT2D eigenvalue weighted by Crippen LogP contribution is -2.18. The second-order valence-electron chi connectivity index (χ2n) is 6.46. The molecule has 5 heteroatoms. The van der Waals surface area contributed by atoms with Crippen molar-refractivity contribution in [3.63, 3.8) is 0 Å². The lowest BCUT2D eigenvalue weighted by atomic mass is 9.97. The van der Waals surface area contributed by atoms with E-state index in [1.54, 1.807) is 0 Å². The van der Waals surface area contributed by atoms with Crippen molar-refractivity contribution in [1.82, 2.24) is 14.5 Å². The van der Waals surface area contributed by atoms with Crippen LogP contribution in [0.2, 0.25) is 5.02 Å². The molecule has 1 aromatic heterocycles. The van der Waals surface area contributed by atoms with Gasteiger partial charge in [-0.15, -0.1) is 0 Å². The summed E-state index contributed by atoms with van der Waals surface area (Å²) in [5.41, 5.74) is 10.8. The molecule has 3 rings (SSSR count). The van der Waals surface area contributed by atoms with Crippen molar-refractivity contribution in [3.8, 4) is 5.69 Å². The van der Waals surface area contributed by atoms with Gasteiger partial charge < -0.3 is 10.6 Å². The van der Waals surface area contributed by atoms with Gasteiger partial charge in [0.1, 0.15) is 5.82 Å². The molecule has 1 unspecified atom stereocenters. The van der Waals surface area contributed by atoms with Crippen LogP contribution in [-0.4, -0.2) is 28.5 Å². The second-order valence-corrected chi connectivity index (χ2v) is 6.90. The highest BCUT2D eigenvalue weighted by molar-refractivity contribution is 6.30. The summed E-state index contributed by atoms with van der Waals surface area (Å²) in [6.45, 7) is 2.78. The number of hydrogen-bond donors (Lipinski definition) is 1. The molecule has 4 nitrogen and oxygen atoms in total. The first-order chi connectivity index (χ1) is 12.0. The molecule has 0 spiro atoms. The van der Waals surface area contributed by atoms with Crippen LogP contribution in [0.1, 0.15) is 28.7 Å². The van der Waals surface area contributed by atoms with Crippen LogP contribution >= 0.6 is 11.6 Å². The third-order valence-corrected chi connectivity index (χ3v) is 4.45. The fraction of sp³-hybridized carbons (Fsp3) is 0.250. The Morgan fingerprint density at radius 3 is 2.56 bits per heavy atom. The van der Waals surface area contributed by atoms with Crippen molar-refractivity contribution in [2.24, 2.45) is 5.73 Å². The van der Waals surface area contributed by atoms with Gasteiger partial charge in [-0.3, -0.25) is 4.57 Å². The maximum Gasteiger partial charge on any atom is 0.110 e. The van der Waals surface area contributed by atoms with Crippen LogP contribution in [-0.2, 0) is 6.54 Å². The van der Waals surface area contributed by atoms with Crippen molar-refractivity contribution in [2.45, 2.75) is 19.5 Å². The highest BCUT2D eigenvalue weighted by atomic mass is 35.5. The Labute approximate surface area is 153 Å². The molecule has 0 aliphatic rings. The summed E-state index contributed by atoms with van der Waals surface area (Å²) < 4.78 is 2.14. The summed E-state index contributed by atoms with van der Waals surface area (Å²) in [4.78, 5) is 6.62. The molecule has 0 amide bonds. The first-order valence-electron chi connectivity index (χ1n) is 8.25. The maximum atomic E-state index is 6.59. The zero-order chi connectivity index (χ0) is 18.0. The van der Waals surface area contributed by atoms with E-state index in [0.717, 1.165) is 34.9 Å². The molecule has 2 N–H and O–H groups in total. The number of nitrogens with zero attached hydrogens (tertiary/aromatic N) is 3. The zero-order valence-corrected chi connectivity index (χ0v) is 15.5. The molecular weight excluding hydrogens is 332 g/mol. The molecule has 1 atom stereocenters. The lowest BCUT2D eigenvalue weighted by Gasteiger charge is -2.21. The van der Waals surface area contributed by atoms with Crippen molar-refractivity contribution in [2.75, 3.05) is 14.1 Å². The van der Waals surface area contributed by atoms with Gasteiger partial charge in [0.15, 0.2) is 0 Å². The minimum Gasteiger partial charge on any atom is -0.320 e. The lowest BCUT2D eigenvalue weighted by molar-refractivity contribution is 0.393. The van der Waals surface area contributed by atoms with Crippen LogP contribution in [0.25, 0.3) is 5.69 Å². The monoisotopic (exact) mass is 354 g/mol. The Balaban J connectivity index is 2.14. The predicted molar refractivity (Wildman–Crippen MR) is 103 cm³/mol. The molecule has 0 aliphatic heterocycles. The fourth-order valence-electron chi connectivity index (χ4n) is 3.07. The Hall–Kier alpha value is -2.14. The summed E-state index contributed by atoms with van der Waals surface area (Å²) in [6, 6.07) is 15.7. The molecule has 130 valence electrons. The summed E-state index contributed by atoms with van der Waals surface area (Å²) in [7, 11) is 4.09. The number of aromatic nitrogens is 2. The van der Waals surface area contributed by atoms with Crippen LogP contribution in [0.15, 0.2) is 54.7 Å². The van der Waals surface area contributed by atoms with Crippen molar-refractivity contribution >= 4 is 11.6 Å². The summed E-state index contributed by atoms with van der Waals surface area (Å²) >= 11 is 6.31. The molecule has 1 heterocycles. The molecule has 0 bridgehead atoms. The van der Waals surface area contributed by atoms with Crippen LogP contribution < -0.4 is 5.73 Å². The number of benzene rings is 2. The Kier molecular flexibility index (Phi) is 5.23. The molecule has 2 aromatic carbocycles. The topological polar surface area (TPSA) is 47.1 Å². The number of hydrogen-bond acceptors (Lipinski definition) is 3. The minimum atomic E-state index is -0.234. The summed E-state index contributed by atoms with van der Waals surface area (Å²) in [5.74, 6) is 0.917. The normalized spacial score (nSPS) is 12.6. The van der Waals surface area contributed by atoms with Gasteiger partial charge in [0.2, 0.25) is 0 Å². The van der Waals surface area contributed by atoms with Gasteiger partial charge in [0.25, 0.3) is 0 Å². The van der Waals surface area contributed by atoms with Crippen molar-refractivity contribution in [1.29, 1.82) is 0 Å². The Bertz CT molecular complexity index is 855. The smallest absolute Gasteiger partial charge is 0.110 e. The number of aryl methyl sites for hydroxylation is 1. The van der Waals surface area contributed by atoms with E-state index in [0.29, 0.717) is 5.02 Å². The number of halogens is 1. The summed E-state index contributed by atoms with van der Waals surface area (Å²) in [6.07, 6.45) is 1.91. The molecule has 3 aromatic rings. The molecule has 0 aliphatic carbocycles. The van der Waals surface area contributed by atoms with E-state index < -0.39 is 0 Å². The third-order valence-electron chi connectivity index (χ3n) is 4.22. The van der Waals surface area contributed by atoms with E-state index in [4.69, 9.17) is 17.3 Å². The molecule has 0 radical (unpaired) electrons. The standard InChI is InChI=1S/C20H23ClN4/c1-14-23-12-17(13-24(2)3)25(14)19-11-16(21)9-10-18(19)20(22)15-7-5-4-6-8-15/h4-12,20H,13,22H2,1-3H3. The second kappa shape index (κ2) is 7.40. The first-order valence-corrected chi connectivity index (χ1v) is 8.63. The van der Waals surface area contributed by atoms with Gasteiger partial charge in [0, 0.05) is 11.6 Å². The van der Waals surface area contributed by atoms with Gasteiger partial charge in [-0.1, -0.05) is 48.0 Å².